The summed E-state index contributed by atoms with van der Waals surface area (Å²) in [5.41, 5.74) is -0.793. The van der Waals surface area contributed by atoms with Crippen LogP contribution in [0.1, 0.15) is 32.6 Å². The van der Waals surface area contributed by atoms with E-state index in [0.29, 0.717) is 12.5 Å². The fourth-order valence-corrected chi connectivity index (χ4v) is 3.02. The molecule has 2 aliphatic carbocycles. The molecule has 2 fully saturated rings. The molecule has 0 heterocycles. The van der Waals surface area contributed by atoms with Gasteiger partial charge >= 0.3 is 5.97 Å². The molecule has 14 heavy (non-hydrogen) atoms. The summed E-state index contributed by atoms with van der Waals surface area (Å²) in [5.74, 6) is 0.565. The van der Waals surface area contributed by atoms with Crippen LogP contribution in [-0.4, -0.2) is 12.6 Å². The molecule has 0 saturated heterocycles. The quantitative estimate of drug-likeness (QED) is 0.629. The Morgan fingerprint density at radius 2 is 2.43 bits per heavy atom. The molecule has 0 radical (unpaired) electrons. The monoisotopic (exact) mass is 193 g/mol. The van der Waals surface area contributed by atoms with Gasteiger partial charge in [0.05, 0.1) is 12.7 Å². The Morgan fingerprint density at radius 1 is 1.64 bits per heavy atom. The summed E-state index contributed by atoms with van der Waals surface area (Å²) in [6.45, 7) is 2.16. The van der Waals surface area contributed by atoms with Gasteiger partial charge < -0.3 is 4.74 Å². The normalized spacial score (nSPS) is 39.4. The summed E-state index contributed by atoms with van der Waals surface area (Å²) >= 11 is 0. The van der Waals surface area contributed by atoms with Crippen LogP contribution in [0.2, 0.25) is 0 Å². The van der Waals surface area contributed by atoms with Crippen LogP contribution in [0.4, 0.5) is 0 Å². The van der Waals surface area contributed by atoms with E-state index in [1.165, 1.54) is 6.42 Å². The van der Waals surface area contributed by atoms with E-state index in [2.05, 4.69) is 6.07 Å². The van der Waals surface area contributed by atoms with Crippen LogP contribution in [0.5, 0.6) is 0 Å². The van der Waals surface area contributed by atoms with Crippen molar-refractivity contribution in [2.75, 3.05) is 6.61 Å². The van der Waals surface area contributed by atoms with Gasteiger partial charge in [-0.2, -0.15) is 5.26 Å². The van der Waals surface area contributed by atoms with Crippen molar-refractivity contribution < 1.29 is 9.53 Å². The number of fused-ring (bicyclic) bond motifs is 2. The van der Waals surface area contributed by atoms with Gasteiger partial charge in [-0.05, 0) is 38.0 Å². The average molecular weight is 193 g/mol. The number of hydrogen-bond donors (Lipinski definition) is 0. The molecule has 0 unspecified atom stereocenters. The zero-order valence-electron chi connectivity index (χ0n) is 8.45. The highest BCUT2D eigenvalue weighted by Crippen LogP contribution is 2.56. The summed E-state index contributed by atoms with van der Waals surface area (Å²) in [6.07, 6.45) is 3.99. The molecule has 2 bridgehead atoms. The molecule has 0 aromatic heterocycles. The largest absolute Gasteiger partial charge is 0.465 e. The Bertz CT molecular complexity index is 294. The highest BCUT2D eigenvalue weighted by molar-refractivity contribution is 5.81. The molecular weight excluding hydrogens is 178 g/mol. The van der Waals surface area contributed by atoms with Crippen molar-refractivity contribution in [3.63, 3.8) is 0 Å². The van der Waals surface area contributed by atoms with E-state index in [9.17, 15) is 10.1 Å². The Kier molecular flexibility index (Phi) is 2.22. The smallest absolute Gasteiger partial charge is 0.326 e. The topological polar surface area (TPSA) is 50.1 Å². The van der Waals surface area contributed by atoms with Crippen molar-refractivity contribution in [2.24, 2.45) is 17.3 Å². The summed E-state index contributed by atoms with van der Waals surface area (Å²) in [6, 6.07) is 2.22. The van der Waals surface area contributed by atoms with Crippen molar-refractivity contribution in [1.82, 2.24) is 0 Å². The van der Waals surface area contributed by atoms with E-state index in [0.717, 1.165) is 19.3 Å². The first-order valence-electron chi connectivity index (χ1n) is 5.31. The zero-order chi connectivity index (χ0) is 10.2. The van der Waals surface area contributed by atoms with Gasteiger partial charge in [-0.15, -0.1) is 0 Å². The lowest BCUT2D eigenvalue weighted by Gasteiger charge is -2.28. The number of rotatable bonds is 2. The number of carbonyl (C=O) groups is 1. The molecule has 0 aromatic rings. The summed E-state index contributed by atoms with van der Waals surface area (Å²) < 4.78 is 5.01. The van der Waals surface area contributed by atoms with Crippen LogP contribution >= 0.6 is 0 Å². The van der Waals surface area contributed by atoms with E-state index >= 15 is 0 Å². The third-order valence-corrected chi connectivity index (χ3v) is 3.69. The van der Waals surface area contributed by atoms with Gasteiger partial charge in [0.15, 0.2) is 5.41 Å². The molecule has 0 spiro atoms. The fourth-order valence-electron chi connectivity index (χ4n) is 3.02. The second-order valence-electron chi connectivity index (χ2n) is 4.38. The van der Waals surface area contributed by atoms with Crippen LogP contribution in [0.15, 0.2) is 0 Å². The van der Waals surface area contributed by atoms with E-state index in [4.69, 9.17) is 4.74 Å². The fraction of sp³-hybridized carbons (Fsp3) is 0.818. The predicted octanol–water partition coefficient (Wildman–Crippen LogP) is 1.88. The average Bonchev–Trinajstić information content (AvgIpc) is 2.77. The van der Waals surface area contributed by atoms with E-state index in [-0.39, 0.29) is 11.9 Å². The molecule has 2 rings (SSSR count). The van der Waals surface area contributed by atoms with Gasteiger partial charge in [0, 0.05) is 0 Å². The highest BCUT2D eigenvalue weighted by atomic mass is 16.5. The van der Waals surface area contributed by atoms with Crippen LogP contribution in [-0.2, 0) is 9.53 Å². The number of nitrogens with zero attached hydrogens (tertiary/aromatic N) is 1. The lowest BCUT2D eigenvalue weighted by molar-refractivity contribution is -0.154. The molecule has 0 aromatic carbocycles. The van der Waals surface area contributed by atoms with E-state index in [1.54, 1.807) is 6.92 Å². The minimum atomic E-state index is -0.793. The van der Waals surface area contributed by atoms with Crippen molar-refractivity contribution >= 4 is 5.97 Å². The Morgan fingerprint density at radius 3 is 2.86 bits per heavy atom. The van der Waals surface area contributed by atoms with Gasteiger partial charge in [-0.1, -0.05) is 6.42 Å². The van der Waals surface area contributed by atoms with Crippen molar-refractivity contribution in [3.8, 4) is 6.07 Å². The molecular formula is C11H15NO2. The second-order valence-corrected chi connectivity index (χ2v) is 4.38. The standard InChI is InChI=1S/C11H15NO2/c1-2-14-10(13)11(7-12)6-8-3-4-9(11)5-8/h8-9H,2-6H2,1H3/t8-,9+,11+/m0/s1. The van der Waals surface area contributed by atoms with Crippen LogP contribution in [0.3, 0.4) is 0 Å². The molecule has 0 aliphatic heterocycles. The Labute approximate surface area is 84.0 Å². The van der Waals surface area contributed by atoms with Crippen molar-refractivity contribution in [3.05, 3.63) is 0 Å². The van der Waals surface area contributed by atoms with Gasteiger partial charge in [-0.3, -0.25) is 4.79 Å². The number of carbonyl (C=O) groups excluding carboxylic acids is 1. The van der Waals surface area contributed by atoms with Crippen LogP contribution in [0.25, 0.3) is 0 Å². The Hall–Kier alpha value is -1.04. The molecule has 3 heteroatoms. The van der Waals surface area contributed by atoms with Crippen molar-refractivity contribution in [2.45, 2.75) is 32.6 Å². The lowest BCUT2D eigenvalue weighted by atomic mass is 9.74. The minimum Gasteiger partial charge on any atom is -0.465 e. The first-order valence-corrected chi connectivity index (χ1v) is 5.31. The van der Waals surface area contributed by atoms with Gasteiger partial charge in [0.1, 0.15) is 0 Å². The van der Waals surface area contributed by atoms with Gasteiger partial charge in [0.2, 0.25) is 0 Å². The van der Waals surface area contributed by atoms with Crippen LogP contribution in [0, 0.1) is 28.6 Å². The number of ether oxygens (including phenoxy) is 1. The minimum absolute atomic E-state index is 0.261. The molecule has 76 valence electrons. The first-order chi connectivity index (χ1) is 6.73. The number of nitriles is 1. The number of esters is 1. The van der Waals surface area contributed by atoms with Crippen molar-refractivity contribution in [1.29, 1.82) is 5.26 Å². The molecule has 3 atom stereocenters. The van der Waals surface area contributed by atoms with Gasteiger partial charge in [0.25, 0.3) is 0 Å². The summed E-state index contributed by atoms with van der Waals surface area (Å²) in [7, 11) is 0. The third kappa shape index (κ3) is 1.13. The van der Waals surface area contributed by atoms with Crippen LogP contribution < -0.4 is 0 Å². The first kappa shape index (κ1) is 9.51. The molecule has 0 amide bonds. The van der Waals surface area contributed by atoms with Gasteiger partial charge in [-0.25, -0.2) is 0 Å². The molecule has 0 N–H and O–H groups in total. The third-order valence-electron chi connectivity index (χ3n) is 3.69. The maximum Gasteiger partial charge on any atom is 0.326 e. The Balaban J connectivity index is 2.20. The van der Waals surface area contributed by atoms with E-state index in [1.807, 2.05) is 0 Å². The summed E-state index contributed by atoms with van der Waals surface area (Å²) in [5, 5.41) is 9.18. The zero-order valence-corrected chi connectivity index (χ0v) is 8.45. The highest BCUT2D eigenvalue weighted by Gasteiger charge is 2.57. The molecule has 3 nitrogen and oxygen atoms in total. The molecule has 2 saturated carbocycles. The predicted molar refractivity (Wildman–Crippen MR) is 50.1 cm³/mol. The second kappa shape index (κ2) is 3.27. The SMILES string of the molecule is CCOC(=O)[C@@]1(C#N)C[C@H]2CC[C@@H]1C2. The maximum atomic E-state index is 11.7. The molecule has 2 aliphatic rings. The van der Waals surface area contributed by atoms with E-state index < -0.39 is 5.41 Å². The lowest BCUT2D eigenvalue weighted by Crippen LogP contribution is -2.36. The maximum absolute atomic E-state index is 11.7. The number of hydrogen-bond acceptors (Lipinski definition) is 3. The summed E-state index contributed by atoms with van der Waals surface area (Å²) in [4.78, 5) is 11.7.